The first-order valence-electron chi connectivity index (χ1n) is 6.35. The fraction of sp³-hybridized carbons (Fsp3) is 0.727. The summed E-state index contributed by atoms with van der Waals surface area (Å²) >= 11 is 0. The van der Waals surface area contributed by atoms with Gasteiger partial charge in [0.2, 0.25) is 17.8 Å². The van der Waals surface area contributed by atoms with Crippen LogP contribution in [0.4, 0.5) is 17.8 Å². The standard InChI is InChI=1S/C11H22N6O2/c1-4-17(5-2)11-15-9(12-3)14-10(16-11)13-8(6-18)7-19/h8,18-19H,4-7H2,1-3H3,(H2,12,13,14,15,16). The molecule has 19 heavy (non-hydrogen) atoms. The molecule has 0 unspecified atom stereocenters. The Bertz CT molecular complexity index is 381. The average molecular weight is 270 g/mol. The lowest BCUT2D eigenvalue weighted by Crippen LogP contribution is -2.30. The highest BCUT2D eigenvalue weighted by Gasteiger charge is 2.13. The molecule has 0 spiro atoms. The van der Waals surface area contributed by atoms with Crippen LogP contribution >= 0.6 is 0 Å². The smallest absolute Gasteiger partial charge is 0.231 e. The molecule has 108 valence electrons. The Morgan fingerprint density at radius 3 is 2.11 bits per heavy atom. The molecule has 8 nitrogen and oxygen atoms in total. The highest BCUT2D eigenvalue weighted by molar-refractivity contribution is 5.43. The van der Waals surface area contributed by atoms with E-state index >= 15 is 0 Å². The van der Waals surface area contributed by atoms with Crippen LogP contribution in [-0.2, 0) is 0 Å². The zero-order chi connectivity index (χ0) is 14.3. The predicted molar refractivity (Wildman–Crippen MR) is 74.5 cm³/mol. The summed E-state index contributed by atoms with van der Waals surface area (Å²) in [6, 6.07) is -0.489. The van der Waals surface area contributed by atoms with Gasteiger partial charge < -0.3 is 25.7 Å². The SMILES string of the molecule is CCN(CC)c1nc(NC)nc(NC(CO)CO)n1. The summed E-state index contributed by atoms with van der Waals surface area (Å²) in [5.74, 6) is 1.32. The fourth-order valence-electron chi connectivity index (χ4n) is 1.52. The van der Waals surface area contributed by atoms with Gasteiger partial charge in [-0.15, -0.1) is 0 Å². The number of anilines is 3. The Labute approximate surface area is 112 Å². The van der Waals surface area contributed by atoms with E-state index in [9.17, 15) is 0 Å². The van der Waals surface area contributed by atoms with Crippen LogP contribution in [0.5, 0.6) is 0 Å². The number of aromatic nitrogens is 3. The summed E-state index contributed by atoms with van der Waals surface area (Å²) in [6.07, 6.45) is 0. The average Bonchev–Trinajstić information content (AvgIpc) is 2.45. The first-order valence-corrected chi connectivity index (χ1v) is 6.35. The molecule has 0 aliphatic carbocycles. The second kappa shape index (κ2) is 7.70. The van der Waals surface area contributed by atoms with Crippen molar-refractivity contribution in [3.63, 3.8) is 0 Å². The molecule has 0 saturated heterocycles. The molecule has 0 bridgehead atoms. The molecular formula is C11H22N6O2. The van der Waals surface area contributed by atoms with Gasteiger partial charge in [0.1, 0.15) is 0 Å². The first-order chi connectivity index (χ1) is 9.18. The van der Waals surface area contributed by atoms with Gasteiger partial charge >= 0.3 is 0 Å². The second-order valence-corrected chi connectivity index (χ2v) is 3.91. The molecule has 8 heteroatoms. The Kier molecular flexibility index (Phi) is 6.23. The van der Waals surface area contributed by atoms with Gasteiger partial charge in [-0.1, -0.05) is 0 Å². The zero-order valence-electron chi connectivity index (χ0n) is 11.6. The molecule has 0 fully saturated rings. The molecule has 0 aliphatic heterocycles. The van der Waals surface area contributed by atoms with Crippen molar-refractivity contribution in [1.29, 1.82) is 0 Å². The fourth-order valence-corrected chi connectivity index (χ4v) is 1.52. The van der Waals surface area contributed by atoms with E-state index in [1.54, 1.807) is 7.05 Å². The summed E-state index contributed by atoms with van der Waals surface area (Å²) in [7, 11) is 1.72. The van der Waals surface area contributed by atoms with E-state index < -0.39 is 6.04 Å². The van der Waals surface area contributed by atoms with E-state index in [0.29, 0.717) is 17.8 Å². The third kappa shape index (κ3) is 4.18. The Balaban J connectivity index is 3.00. The van der Waals surface area contributed by atoms with Gasteiger partial charge in [-0.05, 0) is 13.8 Å². The first kappa shape index (κ1) is 15.4. The summed E-state index contributed by atoms with van der Waals surface area (Å²) in [5, 5.41) is 23.9. The predicted octanol–water partition coefficient (Wildman–Crippen LogP) is -0.475. The van der Waals surface area contributed by atoms with Crippen LogP contribution in [0.3, 0.4) is 0 Å². The molecule has 0 aliphatic rings. The van der Waals surface area contributed by atoms with E-state index in [-0.39, 0.29) is 13.2 Å². The van der Waals surface area contributed by atoms with E-state index in [2.05, 4.69) is 25.6 Å². The third-order valence-electron chi connectivity index (χ3n) is 2.67. The molecule has 4 N–H and O–H groups in total. The van der Waals surface area contributed by atoms with Crippen molar-refractivity contribution in [2.75, 3.05) is 48.9 Å². The summed E-state index contributed by atoms with van der Waals surface area (Å²) in [5.41, 5.74) is 0. The molecule has 1 aromatic heterocycles. The highest BCUT2D eigenvalue weighted by atomic mass is 16.3. The Hall–Kier alpha value is -1.67. The number of rotatable bonds is 8. The largest absolute Gasteiger partial charge is 0.394 e. The summed E-state index contributed by atoms with van der Waals surface area (Å²) in [4.78, 5) is 14.7. The van der Waals surface area contributed by atoms with Gasteiger partial charge in [-0.2, -0.15) is 15.0 Å². The van der Waals surface area contributed by atoms with Crippen LogP contribution in [0.1, 0.15) is 13.8 Å². The van der Waals surface area contributed by atoms with E-state index in [4.69, 9.17) is 10.2 Å². The van der Waals surface area contributed by atoms with Crippen LogP contribution in [0.15, 0.2) is 0 Å². The minimum atomic E-state index is -0.489. The zero-order valence-corrected chi connectivity index (χ0v) is 11.6. The maximum Gasteiger partial charge on any atom is 0.231 e. The second-order valence-electron chi connectivity index (χ2n) is 3.91. The molecule has 0 saturated carbocycles. The van der Waals surface area contributed by atoms with Gasteiger partial charge in [-0.3, -0.25) is 0 Å². The molecule has 1 aromatic rings. The molecule has 0 atom stereocenters. The Morgan fingerprint density at radius 1 is 1.05 bits per heavy atom. The van der Waals surface area contributed by atoms with E-state index in [1.165, 1.54) is 0 Å². The molecule has 0 amide bonds. The molecular weight excluding hydrogens is 248 g/mol. The lowest BCUT2D eigenvalue weighted by molar-refractivity contribution is 0.203. The number of hydrogen-bond donors (Lipinski definition) is 4. The maximum absolute atomic E-state index is 9.06. The van der Waals surface area contributed by atoms with Crippen LogP contribution in [-0.4, -0.2) is 64.6 Å². The van der Waals surface area contributed by atoms with Gasteiger partial charge in [-0.25, -0.2) is 0 Å². The molecule has 0 radical (unpaired) electrons. The van der Waals surface area contributed by atoms with Crippen molar-refractivity contribution in [3.05, 3.63) is 0 Å². The molecule has 0 aromatic carbocycles. The summed E-state index contributed by atoms with van der Waals surface area (Å²) < 4.78 is 0. The highest BCUT2D eigenvalue weighted by Crippen LogP contribution is 2.13. The van der Waals surface area contributed by atoms with E-state index in [1.807, 2.05) is 18.7 Å². The van der Waals surface area contributed by atoms with E-state index in [0.717, 1.165) is 13.1 Å². The van der Waals surface area contributed by atoms with Crippen LogP contribution in [0.25, 0.3) is 0 Å². The van der Waals surface area contributed by atoms with Crippen molar-refractivity contribution in [1.82, 2.24) is 15.0 Å². The molecule has 1 heterocycles. The lowest BCUT2D eigenvalue weighted by Gasteiger charge is -2.20. The van der Waals surface area contributed by atoms with Crippen molar-refractivity contribution in [2.45, 2.75) is 19.9 Å². The van der Waals surface area contributed by atoms with Crippen molar-refractivity contribution in [3.8, 4) is 0 Å². The van der Waals surface area contributed by atoms with Crippen molar-refractivity contribution in [2.24, 2.45) is 0 Å². The normalized spacial score (nSPS) is 10.6. The van der Waals surface area contributed by atoms with Gasteiger partial charge in [0.25, 0.3) is 0 Å². The number of aliphatic hydroxyl groups excluding tert-OH is 2. The third-order valence-corrected chi connectivity index (χ3v) is 2.67. The van der Waals surface area contributed by atoms with Crippen LogP contribution in [0, 0.1) is 0 Å². The van der Waals surface area contributed by atoms with Gasteiger partial charge in [0.05, 0.1) is 19.3 Å². The van der Waals surface area contributed by atoms with Gasteiger partial charge in [0, 0.05) is 20.1 Å². The summed E-state index contributed by atoms with van der Waals surface area (Å²) in [6.45, 7) is 5.21. The number of aliphatic hydroxyl groups is 2. The van der Waals surface area contributed by atoms with Crippen molar-refractivity contribution < 1.29 is 10.2 Å². The Morgan fingerprint density at radius 2 is 1.63 bits per heavy atom. The monoisotopic (exact) mass is 270 g/mol. The minimum absolute atomic E-state index is 0.197. The van der Waals surface area contributed by atoms with Crippen LogP contribution in [0.2, 0.25) is 0 Å². The van der Waals surface area contributed by atoms with Crippen molar-refractivity contribution >= 4 is 17.8 Å². The van der Waals surface area contributed by atoms with Gasteiger partial charge in [0.15, 0.2) is 0 Å². The lowest BCUT2D eigenvalue weighted by atomic mass is 10.3. The maximum atomic E-state index is 9.06. The number of hydrogen-bond acceptors (Lipinski definition) is 8. The number of nitrogens with one attached hydrogen (secondary N) is 2. The molecule has 1 rings (SSSR count). The topological polar surface area (TPSA) is 106 Å². The number of nitrogens with zero attached hydrogens (tertiary/aromatic N) is 4. The van der Waals surface area contributed by atoms with Crippen LogP contribution < -0.4 is 15.5 Å². The quantitative estimate of drug-likeness (QED) is 0.502. The minimum Gasteiger partial charge on any atom is -0.394 e.